The van der Waals surface area contributed by atoms with Crippen LogP contribution in [0.3, 0.4) is 0 Å². The summed E-state index contributed by atoms with van der Waals surface area (Å²) in [4.78, 5) is -0.263. The molecule has 6 heteroatoms. The number of aryl methyl sites for hydroxylation is 1. The number of aliphatic hydroxyl groups excluding tert-OH is 1. The van der Waals surface area contributed by atoms with Crippen molar-refractivity contribution in [3.05, 3.63) is 59.4 Å². The SMILES string of the molecule is Cc1ccc(NS(=O)(=O)c2cc(F)ccc2CO)cc1. The minimum absolute atomic E-state index is 0.144. The zero-order chi connectivity index (χ0) is 14.8. The van der Waals surface area contributed by atoms with Crippen LogP contribution in [-0.2, 0) is 16.6 Å². The maximum atomic E-state index is 13.2. The van der Waals surface area contributed by atoms with Crippen LogP contribution in [0, 0.1) is 12.7 Å². The Balaban J connectivity index is 2.40. The van der Waals surface area contributed by atoms with E-state index in [4.69, 9.17) is 5.11 Å². The summed E-state index contributed by atoms with van der Waals surface area (Å²) in [6, 6.07) is 10.00. The van der Waals surface area contributed by atoms with Gasteiger partial charge in [0.05, 0.1) is 11.5 Å². The summed E-state index contributed by atoms with van der Waals surface area (Å²) in [5, 5.41) is 9.16. The summed E-state index contributed by atoms with van der Waals surface area (Å²) >= 11 is 0. The van der Waals surface area contributed by atoms with Crippen molar-refractivity contribution in [2.45, 2.75) is 18.4 Å². The summed E-state index contributed by atoms with van der Waals surface area (Å²) in [6.45, 7) is 1.40. The summed E-state index contributed by atoms with van der Waals surface area (Å²) in [5.74, 6) is -0.675. The molecule has 0 aliphatic rings. The van der Waals surface area contributed by atoms with Gasteiger partial charge in [0.15, 0.2) is 0 Å². The lowest BCUT2D eigenvalue weighted by Crippen LogP contribution is -2.15. The van der Waals surface area contributed by atoms with E-state index < -0.39 is 22.4 Å². The second-order valence-electron chi connectivity index (χ2n) is 4.38. The maximum Gasteiger partial charge on any atom is 0.262 e. The molecule has 0 aliphatic heterocycles. The molecule has 2 aromatic carbocycles. The van der Waals surface area contributed by atoms with Crippen LogP contribution >= 0.6 is 0 Å². The van der Waals surface area contributed by atoms with E-state index in [1.54, 1.807) is 24.3 Å². The minimum Gasteiger partial charge on any atom is -0.392 e. The van der Waals surface area contributed by atoms with Crippen LogP contribution in [0.5, 0.6) is 0 Å². The molecule has 20 heavy (non-hydrogen) atoms. The van der Waals surface area contributed by atoms with Gasteiger partial charge in [0, 0.05) is 5.69 Å². The molecule has 4 nitrogen and oxygen atoms in total. The smallest absolute Gasteiger partial charge is 0.262 e. The normalized spacial score (nSPS) is 11.3. The highest BCUT2D eigenvalue weighted by molar-refractivity contribution is 7.92. The Hall–Kier alpha value is -1.92. The summed E-state index contributed by atoms with van der Waals surface area (Å²) in [6.07, 6.45) is 0. The van der Waals surface area contributed by atoms with E-state index in [0.717, 1.165) is 17.7 Å². The molecule has 0 bridgehead atoms. The van der Waals surface area contributed by atoms with Crippen molar-refractivity contribution < 1.29 is 17.9 Å². The molecule has 0 fully saturated rings. The number of benzene rings is 2. The van der Waals surface area contributed by atoms with Crippen molar-refractivity contribution in [3.63, 3.8) is 0 Å². The number of hydrogen-bond donors (Lipinski definition) is 2. The zero-order valence-corrected chi connectivity index (χ0v) is 11.6. The Morgan fingerprint density at radius 1 is 1.15 bits per heavy atom. The van der Waals surface area contributed by atoms with Gasteiger partial charge in [-0.1, -0.05) is 23.8 Å². The van der Waals surface area contributed by atoms with E-state index in [9.17, 15) is 12.8 Å². The van der Waals surface area contributed by atoms with E-state index in [0.29, 0.717) is 5.69 Å². The molecule has 0 heterocycles. The molecule has 2 rings (SSSR count). The van der Waals surface area contributed by atoms with E-state index in [-0.39, 0.29) is 10.5 Å². The van der Waals surface area contributed by atoms with Gasteiger partial charge in [-0.05, 0) is 36.8 Å². The Kier molecular flexibility index (Phi) is 4.06. The Morgan fingerprint density at radius 3 is 2.40 bits per heavy atom. The quantitative estimate of drug-likeness (QED) is 0.910. The van der Waals surface area contributed by atoms with Crippen LogP contribution in [0.25, 0.3) is 0 Å². The number of rotatable bonds is 4. The molecule has 0 saturated heterocycles. The van der Waals surface area contributed by atoms with Gasteiger partial charge in [0.25, 0.3) is 10.0 Å². The van der Waals surface area contributed by atoms with Gasteiger partial charge in [-0.2, -0.15) is 0 Å². The fraction of sp³-hybridized carbons (Fsp3) is 0.143. The Bertz CT molecular complexity index is 712. The topological polar surface area (TPSA) is 66.4 Å². The molecule has 0 radical (unpaired) electrons. The van der Waals surface area contributed by atoms with Gasteiger partial charge in [0.1, 0.15) is 5.82 Å². The van der Waals surface area contributed by atoms with Crippen molar-refractivity contribution in [3.8, 4) is 0 Å². The van der Waals surface area contributed by atoms with E-state index in [2.05, 4.69) is 4.72 Å². The number of anilines is 1. The lowest BCUT2D eigenvalue weighted by atomic mass is 10.2. The molecular weight excluding hydrogens is 281 g/mol. The molecule has 0 atom stereocenters. The largest absolute Gasteiger partial charge is 0.392 e. The maximum absolute atomic E-state index is 13.2. The summed E-state index contributed by atoms with van der Waals surface area (Å²) in [7, 11) is -3.94. The first-order valence-electron chi connectivity index (χ1n) is 5.91. The molecular formula is C14H14FNO3S. The monoisotopic (exact) mass is 295 g/mol. The molecule has 0 spiro atoms. The van der Waals surface area contributed by atoms with Crippen LogP contribution in [0.4, 0.5) is 10.1 Å². The van der Waals surface area contributed by atoms with Crippen molar-refractivity contribution in [1.29, 1.82) is 0 Å². The van der Waals surface area contributed by atoms with E-state index in [1.807, 2.05) is 6.92 Å². The molecule has 0 saturated carbocycles. The molecule has 0 aromatic heterocycles. The van der Waals surface area contributed by atoms with E-state index >= 15 is 0 Å². The highest BCUT2D eigenvalue weighted by Gasteiger charge is 2.19. The lowest BCUT2D eigenvalue weighted by Gasteiger charge is -2.11. The zero-order valence-electron chi connectivity index (χ0n) is 10.8. The van der Waals surface area contributed by atoms with Crippen molar-refractivity contribution >= 4 is 15.7 Å². The number of halogens is 1. The Labute approximate surface area is 116 Å². The average Bonchev–Trinajstić information content (AvgIpc) is 2.41. The Morgan fingerprint density at radius 2 is 1.80 bits per heavy atom. The van der Waals surface area contributed by atoms with Crippen LogP contribution < -0.4 is 4.72 Å². The van der Waals surface area contributed by atoms with Crippen LogP contribution in [0.15, 0.2) is 47.4 Å². The predicted molar refractivity (Wildman–Crippen MR) is 74.3 cm³/mol. The van der Waals surface area contributed by atoms with Gasteiger partial charge in [0.2, 0.25) is 0 Å². The van der Waals surface area contributed by atoms with Crippen molar-refractivity contribution in [1.82, 2.24) is 0 Å². The standard InChI is InChI=1S/C14H14FNO3S/c1-10-2-6-13(7-3-10)16-20(18,19)14-8-12(15)5-4-11(14)9-17/h2-8,16-17H,9H2,1H3. The van der Waals surface area contributed by atoms with Gasteiger partial charge in [-0.15, -0.1) is 0 Å². The highest BCUT2D eigenvalue weighted by Crippen LogP contribution is 2.21. The molecule has 0 aliphatic carbocycles. The third-order valence-electron chi connectivity index (χ3n) is 2.79. The number of hydrogen-bond acceptors (Lipinski definition) is 3. The minimum atomic E-state index is -3.94. The molecule has 2 aromatic rings. The van der Waals surface area contributed by atoms with Crippen molar-refractivity contribution in [2.24, 2.45) is 0 Å². The molecule has 106 valence electrons. The second kappa shape index (κ2) is 5.60. The van der Waals surface area contributed by atoms with E-state index in [1.165, 1.54) is 6.07 Å². The summed E-state index contributed by atoms with van der Waals surface area (Å²) in [5.41, 5.74) is 1.52. The predicted octanol–water partition coefficient (Wildman–Crippen LogP) is 2.43. The summed E-state index contributed by atoms with van der Waals surface area (Å²) < 4.78 is 40.0. The molecule has 0 amide bonds. The van der Waals surface area contributed by atoms with Gasteiger partial charge in [-0.25, -0.2) is 12.8 Å². The fourth-order valence-corrected chi connectivity index (χ4v) is 3.04. The first-order chi connectivity index (χ1) is 9.42. The third kappa shape index (κ3) is 3.15. The first kappa shape index (κ1) is 14.5. The van der Waals surface area contributed by atoms with Gasteiger partial charge < -0.3 is 5.11 Å². The van der Waals surface area contributed by atoms with Gasteiger partial charge >= 0.3 is 0 Å². The molecule has 2 N–H and O–H groups in total. The number of aliphatic hydroxyl groups is 1. The lowest BCUT2D eigenvalue weighted by molar-refractivity contribution is 0.278. The second-order valence-corrected chi connectivity index (χ2v) is 6.03. The average molecular weight is 295 g/mol. The third-order valence-corrected chi connectivity index (χ3v) is 4.26. The highest BCUT2D eigenvalue weighted by atomic mass is 32.2. The van der Waals surface area contributed by atoms with Gasteiger partial charge in [-0.3, -0.25) is 4.72 Å². The van der Waals surface area contributed by atoms with Crippen LogP contribution in [0.2, 0.25) is 0 Å². The first-order valence-corrected chi connectivity index (χ1v) is 7.39. The molecule has 0 unspecified atom stereocenters. The van der Waals surface area contributed by atoms with Crippen LogP contribution in [-0.4, -0.2) is 13.5 Å². The van der Waals surface area contributed by atoms with Crippen LogP contribution in [0.1, 0.15) is 11.1 Å². The number of nitrogens with one attached hydrogen (secondary N) is 1. The fourth-order valence-electron chi connectivity index (χ4n) is 1.74. The number of sulfonamides is 1. The van der Waals surface area contributed by atoms with Crippen molar-refractivity contribution in [2.75, 3.05) is 4.72 Å².